The zero-order valence-electron chi connectivity index (χ0n) is 9.30. The minimum atomic E-state index is -1.00. The van der Waals surface area contributed by atoms with Gasteiger partial charge in [0, 0.05) is 5.69 Å². The predicted octanol–water partition coefficient (Wildman–Crippen LogP) is 1.01. The number of ether oxygens (including phenoxy) is 1. The molecular formula is C12H15NO4. The molecule has 2 atom stereocenters. The summed E-state index contributed by atoms with van der Waals surface area (Å²) < 4.78 is 5.45. The summed E-state index contributed by atoms with van der Waals surface area (Å²) in [5.74, 6) is -1.00. The fourth-order valence-electron chi connectivity index (χ4n) is 1.78. The SMILES string of the molecule is Nc1ccc(C(=O)O)c(COC2CCC2O)c1. The molecule has 1 fully saturated rings. The normalized spacial score (nSPS) is 23.1. The fourth-order valence-corrected chi connectivity index (χ4v) is 1.78. The number of aromatic carboxylic acids is 1. The smallest absolute Gasteiger partial charge is 0.336 e. The largest absolute Gasteiger partial charge is 0.478 e. The second-order valence-electron chi connectivity index (χ2n) is 4.22. The molecule has 0 spiro atoms. The second kappa shape index (κ2) is 4.73. The lowest BCUT2D eigenvalue weighted by Gasteiger charge is -2.32. The molecule has 1 aromatic rings. The number of carboxylic acid groups (broad SMARTS) is 1. The molecule has 2 rings (SSSR count). The summed E-state index contributed by atoms with van der Waals surface area (Å²) in [5, 5.41) is 18.4. The minimum Gasteiger partial charge on any atom is -0.478 e. The first-order valence-electron chi connectivity index (χ1n) is 5.49. The molecule has 5 nitrogen and oxygen atoms in total. The van der Waals surface area contributed by atoms with Crippen molar-refractivity contribution in [2.75, 3.05) is 5.73 Å². The van der Waals surface area contributed by atoms with Crippen molar-refractivity contribution in [1.82, 2.24) is 0 Å². The molecule has 2 unspecified atom stereocenters. The number of anilines is 1. The van der Waals surface area contributed by atoms with Crippen molar-refractivity contribution in [2.45, 2.75) is 31.7 Å². The van der Waals surface area contributed by atoms with E-state index in [0.717, 1.165) is 12.8 Å². The monoisotopic (exact) mass is 237 g/mol. The van der Waals surface area contributed by atoms with Crippen LogP contribution in [-0.4, -0.2) is 28.4 Å². The highest BCUT2D eigenvalue weighted by atomic mass is 16.5. The zero-order chi connectivity index (χ0) is 12.4. The van der Waals surface area contributed by atoms with Gasteiger partial charge >= 0.3 is 5.97 Å². The van der Waals surface area contributed by atoms with Crippen LogP contribution in [0.1, 0.15) is 28.8 Å². The van der Waals surface area contributed by atoms with E-state index in [0.29, 0.717) is 11.3 Å². The molecule has 1 aliphatic carbocycles. The lowest BCUT2D eigenvalue weighted by Crippen LogP contribution is -2.38. The molecule has 1 aromatic carbocycles. The molecule has 0 bridgehead atoms. The van der Waals surface area contributed by atoms with Gasteiger partial charge in [0.1, 0.15) is 0 Å². The van der Waals surface area contributed by atoms with E-state index in [2.05, 4.69) is 0 Å². The van der Waals surface area contributed by atoms with Gasteiger partial charge in [0.15, 0.2) is 0 Å². The molecule has 5 heteroatoms. The Kier molecular flexibility index (Phi) is 3.31. The number of aliphatic hydroxyl groups excluding tert-OH is 1. The number of nitrogens with two attached hydrogens (primary N) is 1. The van der Waals surface area contributed by atoms with Gasteiger partial charge in [-0.1, -0.05) is 0 Å². The summed E-state index contributed by atoms with van der Waals surface area (Å²) in [6.45, 7) is 0.161. The third-order valence-electron chi connectivity index (χ3n) is 2.99. The van der Waals surface area contributed by atoms with E-state index in [9.17, 15) is 9.90 Å². The van der Waals surface area contributed by atoms with Crippen LogP contribution in [0.2, 0.25) is 0 Å². The maximum atomic E-state index is 11.0. The van der Waals surface area contributed by atoms with E-state index >= 15 is 0 Å². The Morgan fingerprint density at radius 3 is 2.76 bits per heavy atom. The van der Waals surface area contributed by atoms with Crippen LogP contribution in [0.4, 0.5) is 5.69 Å². The molecule has 0 heterocycles. The fraction of sp³-hybridized carbons (Fsp3) is 0.417. The first-order valence-corrected chi connectivity index (χ1v) is 5.49. The molecule has 17 heavy (non-hydrogen) atoms. The second-order valence-corrected chi connectivity index (χ2v) is 4.22. The Morgan fingerprint density at radius 2 is 2.24 bits per heavy atom. The molecular weight excluding hydrogens is 222 g/mol. The number of carboxylic acids is 1. The zero-order valence-corrected chi connectivity index (χ0v) is 9.30. The summed E-state index contributed by atoms with van der Waals surface area (Å²) in [4.78, 5) is 11.0. The molecule has 0 radical (unpaired) electrons. The van der Waals surface area contributed by atoms with Crippen molar-refractivity contribution >= 4 is 11.7 Å². The summed E-state index contributed by atoms with van der Waals surface area (Å²) in [5.41, 5.74) is 6.84. The Morgan fingerprint density at radius 1 is 1.47 bits per heavy atom. The Hall–Kier alpha value is -1.59. The van der Waals surface area contributed by atoms with Crippen molar-refractivity contribution in [2.24, 2.45) is 0 Å². The Balaban J connectivity index is 2.08. The van der Waals surface area contributed by atoms with Gasteiger partial charge in [-0.25, -0.2) is 4.79 Å². The van der Waals surface area contributed by atoms with Crippen LogP contribution in [0.5, 0.6) is 0 Å². The number of hydrogen-bond acceptors (Lipinski definition) is 4. The maximum Gasteiger partial charge on any atom is 0.336 e. The van der Waals surface area contributed by atoms with E-state index in [1.165, 1.54) is 6.07 Å². The third kappa shape index (κ3) is 2.57. The summed E-state index contributed by atoms with van der Waals surface area (Å²) in [6.07, 6.45) is 0.946. The van der Waals surface area contributed by atoms with Crippen molar-refractivity contribution in [3.05, 3.63) is 29.3 Å². The van der Waals surface area contributed by atoms with Crippen LogP contribution in [-0.2, 0) is 11.3 Å². The van der Waals surface area contributed by atoms with E-state index in [4.69, 9.17) is 15.6 Å². The lowest BCUT2D eigenvalue weighted by atomic mass is 9.92. The van der Waals surface area contributed by atoms with Crippen LogP contribution < -0.4 is 5.73 Å². The molecule has 0 aromatic heterocycles. The highest BCUT2D eigenvalue weighted by Gasteiger charge is 2.29. The number of rotatable bonds is 4. The molecule has 1 saturated carbocycles. The average molecular weight is 237 g/mol. The minimum absolute atomic E-state index is 0.161. The van der Waals surface area contributed by atoms with Crippen LogP contribution in [0.3, 0.4) is 0 Å². The quantitative estimate of drug-likeness (QED) is 0.679. The van der Waals surface area contributed by atoms with Crippen molar-refractivity contribution < 1.29 is 19.7 Å². The Labute approximate surface area is 98.8 Å². The van der Waals surface area contributed by atoms with Crippen LogP contribution in [0.15, 0.2) is 18.2 Å². The summed E-state index contributed by atoms with van der Waals surface area (Å²) >= 11 is 0. The van der Waals surface area contributed by atoms with Gasteiger partial charge in [-0.05, 0) is 36.6 Å². The summed E-state index contributed by atoms with van der Waals surface area (Å²) in [7, 11) is 0. The van der Waals surface area contributed by atoms with Gasteiger partial charge in [-0.3, -0.25) is 0 Å². The number of benzene rings is 1. The van der Waals surface area contributed by atoms with E-state index in [-0.39, 0.29) is 18.3 Å². The number of hydrogen-bond donors (Lipinski definition) is 3. The van der Waals surface area contributed by atoms with Gasteiger partial charge in [0.25, 0.3) is 0 Å². The third-order valence-corrected chi connectivity index (χ3v) is 2.99. The van der Waals surface area contributed by atoms with Gasteiger partial charge < -0.3 is 20.7 Å². The summed E-state index contributed by atoms with van der Waals surface area (Å²) in [6, 6.07) is 4.60. The van der Waals surface area contributed by atoms with Crippen LogP contribution in [0, 0.1) is 0 Å². The molecule has 92 valence electrons. The first kappa shape index (κ1) is 11.9. The van der Waals surface area contributed by atoms with Crippen molar-refractivity contribution in [3.63, 3.8) is 0 Å². The number of aliphatic hydroxyl groups is 1. The Bertz CT molecular complexity index is 433. The molecule has 0 aliphatic heterocycles. The number of carbonyl (C=O) groups is 1. The van der Waals surface area contributed by atoms with Crippen molar-refractivity contribution in [1.29, 1.82) is 0 Å². The van der Waals surface area contributed by atoms with Gasteiger partial charge in [0.05, 0.1) is 24.4 Å². The molecule has 0 saturated heterocycles. The highest BCUT2D eigenvalue weighted by Crippen LogP contribution is 2.25. The standard InChI is InChI=1S/C12H15NO4/c13-8-1-2-9(12(15)16)7(5-8)6-17-11-4-3-10(11)14/h1-2,5,10-11,14H,3-4,6,13H2,(H,15,16). The molecule has 1 aliphatic rings. The predicted molar refractivity (Wildman–Crippen MR) is 61.6 cm³/mol. The topological polar surface area (TPSA) is 92.8 Å². The molecule has 4 N–H and O–H groups in total. The molecule has 0 amide bonds. The first-order chi connectivity index (χ1) is 8.08. The number of nitrogen functional groups attached to an aromatic ring is 1. The highest BCUT2D eigenvalue weighted by molar-refractivity contribution is 5.89. The van der Waals surface area contributed by atoms with Gasteiger partial charge in [0.2, 0.25) is 0 Å². The average Bonchev–Trinajstić information content (AvgIpc) is 2.27. The van der Waals surface area contributed by atoms with E-state index in [1.807, 2.05) is 0 Å². The van der Waals surface area contributed by atoms with Gasteiger partial charge in [-0.2, -0.15) is 0 Å². The maximum absolute atomic E-state index is 11.0. The van der Waals surface area contributed by atoms with Crippen molar-refractivity contribution in [3.8, 4) is 0 Å². The van der Waals surface area contributed by atoms with Crippen LogP contribution >= 0.6 is 0 Å². The van der Waals surface area contributed by atoms with Gasteiger partial charge in [-0.15, -0.1) is 0 Å². The lowest BCUT2D eigenvalue weighted by molar-refractivity contribution is -0.103. The van der Waals surface area contributed by atoms with E-state index in [1.54, 1.807) is 12.1 Å². The van der Waals surface area contributed by atoms with Crippen LogP contribution in [0.25, 0.3) is 0 Å². The van der Waals surface area contributed by atoms with E-state index < -0.39 is 12.1 Å².